The van der Waals surface area contributed by atoms with E-state index >= 15 is 0 Å². The van der Waals surface area contributed by atoms with Gasteiger partial charge in [0.1, 0.15) is 5.69 Å². The maximum Gasteiger partial charge on any atom is 0.273 e. The number of benzene rings is 1. The van der Waals surface area contributed by atoms with E-state index in [0.717, 1.165) is 0 Å². The molecule has 158 valence electrons. The summed E-state index contributed by atoms with van der Waals surface area (Å²) in [4.78, 5) is 26.9. The summed E-state index contributed by atoms with van der Waals surface area (Å²) in [6, 6.07) is 5.31. The van der Waals surface area contributed by atoms with E-state index in [9.17, 15) is 9.59 Å². The van der Waals surface area contributed by atoms with Crippen LogP contribution in [-0.2, 0) is 11.2 Å². The van der Waals surface area contributed by atoms with Gasteiger partial charge in [-0.2, -0.15) is 0 Å². The molecule has 0 saturated carbocycles. The van der Waals surface area contributed by atoms with Crippen LogP contribution in [0.2, 0.25) is 0 Å². The average molecular weight is 402 g/mol. The number of carbonyl (C=O) groups is 1. The summed E-state index contributed by atoms with van der Waals surface area (Å²) in [5.74, 6) is 2.17. The highest BCUT2D eigenvalue weighted by Crippen LogP contribution is 2.31. The predicted octanol–water partition coefficient (Wildman–Crippen LogP) is 2.58. The predicted molar refractivity (Wildman–Crippen MR) is 111 cm³/mol. The second-order valence-electron chi connectivity index (χ2n) is 7.72. The van der Waals surface area contributed by atoms with Gasteiger partial charge in [-0.25, -0.2) is 0 Å². The number of ether oxygens (including phenoxy) is 2. The first-order chi connectivity index (χ1) is 13.8. The summed E-state index contributed by atoms with van der Waals surface area (Å²) in [6.45, 7) is 9.36. The van der Waals surface area contributed by atoms with Crippen LogP contribution in [0, 0.1) is 11.8 Å². The molecule has 0 saturated heterocycles. The Morgan fingerprint density at radius 3 is 2.52 bits per heavy atom. The van der Waals surface area contributed by atoms with Crippen LogP contribution in [0.15, 0.2) is 23.0 Å². The number of methoxy groups -OCH3 is 1. The lowest BCUT2D eigenvalue weighted by Crippen LogP contribution is -2.28. The smallest absolute Gasteiger partial charge is 0.273 e. The molecule has 0 aliphatic carbocycles. The minimum atomic E-state index is -0.356. The SMILES string of the molecule is COc1cc(-c2nnc(CCC(=O)NCC(C)C)c(=O)[nH]2)ccc1OCC(C)C. The first-order valence-electron chi connectivity index (χ1n) is 9.84. The molecule has 0 unspecified atom stereocenters. The van der Waals surface area contributed by atoms with E-state index in [1.165, 1.54) is 0 Å². The topological polar surface area (TPSA) is 106 Å². The quantitative estimate of drug-likeness (QED) is 0.633. The molecular formula is C21H30N4O4. The Morgan fingerprint density at radius 1 is 1.14 bits per heavy atom. The Morgan fingerprint density at radius 2 is 1.90 bits per heavy atom. The maximum absolute atomic E-state index is 12.3. The number of amides is 1. The molecule has 0 spiro atoms. The lowest BCUT2D eigenvalue weighted by Gasteiger charge is -2.13. The first-order valence-corrected chi connectivity index (χ1v) is 9.84. The highest BCUT2D eigenvalue weighted by atomic mass is 16.5. The molecule has 2 aromatic rings. The van der Waals surface area contributed by atoms with Gasteiger partial charge < -0.3 is 19.8 Å². The number of hydrogen-bond donors (Lipinski definition) is 2. The Kier molecular flexibility index (Phi) is 8.18. The van der Waals surface area contributed by atoms with Crippen LogP contribution in [-0.4, -0.2) is 41.3 Å². The van der Waals surface area contributed by atoms with E-state index in [2.05, 4.69) is 34.3 Å². The summed E-state index contributed by atoms with van der Waals surface area (Å²) in [6.07, 6.45) is 0.428. The normalized spacial score (nSPS) is 11.0. The monoisotopic (exact) mass is 402 g/mol. The standard InChI is InChI=1S/C21H30N4O4/c1-13(2)11-22-19(26)9-7-16-21(27)23-20(25-24-16)15-6-8-17(18(10-15)28-5)29-12-14(3)4/h6,8,10,13-14H,7,9,11-12H2,1-5H3,(H,22,26)(H,23,25,27). The molecule has 0 aliphatic heterocycles. The molecule has 0 bridgehead atoms. The summed E-state index contributed by atoms with van der Waals surface area (Å²) in [7, 11) is 1.56. The van der Waals surface area contributed by atoms with Crippen LogP contribution < -0.4 is 20.3 Å². The van der Waals surface area contributed by atoms with Crippen molar-refractivity contribution in [1.29, 1.82) is 0 Å². The highest BCUT2D eigenvalue weighted by molar-refractivity contribution is 5.76. The number of aromatic nitrogens is 3. The Hall–Kier alpha value is -2.90. The molecule has 1 aromatic carbocycles. The number of nitrogens with one attached hydrogen (secondary N) is 2. The Balaban J connectivity index is 2.09. The van der Waals surface area contributed by atoms with Crippen molar-refractivity contribution in [3.05, 3.63) is 34.2 Å². The van der Waals surface area contributed by atoms with Gasteiger partial charge in [0.2, 0.25) is 5.91 Å². The van der Waals surface area contributed by atoms with Gasteiger partial charge in [0.05, 0.1) is 13.7 Å². The Bertz CT molecular complexity index is 877. The molecule has 0 fully saturated rings. The fourth-order valence-corrected chi connectivity index (χ4v) is 2.48. The molecule has 0 radical (unpaired) electrons. The molecule has 29 heavy (non-hydrogen) atoms. The van der Waals surface area contributed by atoms with Crippen molar-refractivity contribution < 1.29 is 14.3 Å². The molecule has 0 atom stereocenters. The molecule has 0 aliphatic rings. The summed E-state index contributed by atoms with van der Waals surface area (Å²) in [5, 5.41) is 10.9. The first kappa shape index (κ1) is 22.4. The number of aryl methyl sites for hydroxylation is 1. The minimum absolute atomic E-state index is 0.106. The summed E-state index contributed by atoms with van der Waals surface area (Å²) in [5.41, 5.74) is 0.535. The van der Waals surface area contributed by atoms with Gasteiger partial charge in [-0.3, -0.25) is 9.59 Å². The molecule has 2 N–H and O–H groups in total. The van der Waals surface area contributed by atoms with Gasteiger partial charge in [0.15, 0.2) is 17.3 Å². The van der Waals surface area contributed by atoms with Gasteiger partial charge in [0, 0.05) is 24.9 Å². The second-order valence-corrected chi connectivity index (χ2v) is 7.72. The van der Waals surface area contributed by atoms with E-state index in [0.29, 0.717) is 47.9 Å². The molecule has 1 heterocycles. The zero-order valence-corrected chi connectivity index (χ0v) is 17.7. The fraction of sp³-hybridized carbons (Fsp3) is 0.524. The van der Waals surface area contributed by atoms with Crippen LogP contribution in [0.3, 0.4) is 0 Å². The van der Waals surface area contributed by atoms with Crippen molar-refractivity contribution in [2.45, 2.75) is 40.5 Å². The largest absolute Gasteiger partial charge is 0.493 e. The number of nitrogens with zero attached hydrogens (tertiary/aromatic N) is 2. The van der Waals surface area contributed by atoms with Crippen LogP contribution in [0.1, 0.15) is 39.8 Å². The number of H-pyrrole nitrogens is 1. The van der Waals surface area contributed by atoms with Gasteiger partial charge in [-0.15, -0.1) is 10.2 Å². The Labute approximate surface area is 171 Å². The van der Waals surface area contributed by atoms with Crippen molar-refractivity contribution in [2.75, 3.05) is 20.3 Å². The lowest BCUT2D eigenvalue weighted by molar-refractivity contribution is -0.121. The van der Waals surface area contributed by atoms with E-state index in [1.54, 1.807) is 25.3 Å². The third-order valence-electron chi connectivity index (χ3n) is 4.07. The average Bonchev–Trinajstić information content (AvgIpc) is 2.69. The molecule has 1 aromatic heterocycles. The number of carbonyl (C=O) groups excluding carboxylic acids is 1. The van der Waals surface area contributed by atoms with Gasteiger partial charge in [0.25, 0.3) is 5.56 Å². The number of rotatable bonds is 10. The zero-order chi connectivity index (χ0) is 21.4. The van der Waals surface area contributed by atoms with Gasteiger partial charge in [-0.1, -0.05) is 27.7 Å². The molecule has 1 amide bonds. The minimum Gasteiger partial charge on any atom is -0.493 e. The van der Waals surface area contributed by atoms with Crippen LogP contribution in [0.25, 0.3) is 11.4 Å². The van der Waals surface area contributed by atoms with Gasteiger partial charge in [-0.05, 0) is 30.0 Å². The number of aromatic amines is 1. The lowest BCUT2D eigenvalue weighted by atomic mass is 10.2. The zero-order valence-electron chi connectivity index (χ0n) is 17.7. The van der Waals surface area contributed by atoms with E-state index in [4.69, 9.17) is 9.47 Å². The molecular weight excluding hydrogens is 372 g/mol. The third kappa shape index (κ3) is 6.89. The molecule has 8 nitrogen and oxygen atoms in total. The summed E-state index contributed by atoms with van der Waals surface area (Å²) >= 11 is 0. The van der Waals surface area contributed by atoms with Crippen molar-refractivity contribution >= 4 is 5.91 Å². The van der Waals surface area contributed by atoms with Crippen molar-refractivity contribution in [2.24, 2.45) is 11.8 Å². The van der Waals surface area contributed by atoms with Crippen molar-refractivity contribution in [3.63, 3.8) is 0 Å². The van der Waals surface area contributed by atoms with Crippen LogP contribution in [0.5, 0.6) is 11.5 Å². The van der Waals surface area contributed by atoms with Crippen molar-refractivity contribution in [3.8, 4) is 22.9 Å². The summed E-state index contributed by atoms with van der Waals surface area (Å²) < 4.78 is 11.1. The molecule has 8 heteroatoms. The fourth-order valence-electron chi connectivity index (χ4n) is 2.48. The number of hydrogen-bond acceptors (Lipinski definition) is 6. The van der Waals surface area contributed by atoms with Crippen molar-refractivity contribution in [1.82, 2.24) is 20.5 Å². The van der Waals surface area contributed by atoms with Gasteiger partial charge >= 0.3 is 0 Å². The highest BCUT2D eigenvalue weighted by Gasteiger charge is 2.12. The van der Waals surface area contributed by atoms with Crippen LogP contribution >= 0.6 is 0 Å². The van der Waals surface area contributed by atoms with Crippen LogP contribution in [0.4, 0.5) is 0 Å². The molecule has 2 rings (SSSR count). The van der Waals surface area contributed by atoms with E-state index in [-0.39, 0.29) is 30.0 Å². The second kappa shape index (κ2) is 10.6. The van der Waals surface area contributed by atoms with E-state index < -0.39 is 0 Å². The van der Waals surface area contributed by atoms with E-state index in [1.807, 2.05) is 13.8 Å². The maximum atomic E-state index is 12.3. The third-order valence-corrected chi connectivity index (χ3v) is 4.07.